The number of amides is 1. The zero-order valence-corrected chi connectivity index (χ0v) is 25.2. The lowest BCUT2D eigenvalue weighted by atomic mass is 9.97. The van der Waals surface area contributed by atoms with Gasteiger partial charge in [0, 0.05) is 5.56 Å². The van der Waals surface area contributed by atoms with Gasteiger partial charge in [-0.25, -0.2) is 27.3 Å². The van der Waals surface area contributed by atoms with Gasteiger partial charge in [0.25, 0.3) is 6.02 Å². The van der Waals surface area contributed by atoms with E-state index in [-0.39, 0.29) is 26.5 Å². The van der Waals surface area contributed by atoms with Crippen LogP contribution in [0.25, 0.3) is 0 Å². The summed E-state index contributed by atoms with van der Waals surface area (Å²) in [6.07, 6.45) is -0.344. The molecule has 3 rings (SSSR count). The van der Waals surface area contributed by atoms with Gasteiger partial charge in [-0.3, -0.25) is 0 Å². The SMILES string of the molecule is C.C[C@H](N=C1NS(=O)(=O)[C@H](Cc2ccc(OCC(C)(C)NC(=O)OC(C)(C)C)cc2)C(C)(C)O1)c1ccccc1F. The number of nitrogens with one attached hydrogen (secondary N) is 2. The number of alkyl carbamates (subject to hydrolysis) is 1. The second kappa shape index (κ2) is 12.7. The first-order valence-electron chi connectivity index (χ1n) is 13.1. The number of carbonyl (C=O) groups excluding carboxylic acids is 1. The first-order valence-corrected chi connectivity index (χ1v) is 14.7. The van der Waals surface area contributed by atoms with Crippen LogP contribution < -0.4 is 14.8 Å². The van der Waals surface area contributed by atoms with Gasteiger partial charge < -0.3 is 19.5 Å². The average molecular weight is 594 g/mol. The molecule has 2 aromatic rings. The van der Waals surface area contributed by atoms with E-state index in [1.807, 2.05) is 13.8 Å². The Bertz CT molecular complexity index is 1330. The molecule has 11 heteroatoms. The van der Waals surface area contributed by atoms with Crippen molar-refractivity contribution < 1.29 is 31.8 Å². The Morgan fingerprint density at radius 3 is 2.29 bits per heavy atom. The standard InChI is InChI=1S/C29H40FN3O6S.CH4/c1-19(22-11-9-10-12-23(22)30)31-25-33-40(35,36)24(29(7,8)38-25)17-20-13-15-21(16-14-20)37-18-28(5,6)32-26(34)39-27(2,3)4;/h9-16,19,24H,17-18H2,1-8H3,(H,31,33)(H,32,34);1H4/t19-,24+;/m0./s1. The Hall–Kier alpha value is -3.34. The number of hydrogen-bond acceptors (Lipinski definition) is 7. The monoisotopic (exact) mass is 593 g/mol. The van der Waals surface area contributed by atoms with Crippen molar-refractivity contribution in [3.63, 3.8) is 0 Å². The van der Waals surface area contributed by atoms with Crippen molar-refractivity contribution >= 4 is 22.1 Å². The van der Waals surface area contributed by atoms with Gasteiger partial charge in [-0.1, -0.05) is 37.8 Å². The molecule has 0 aliphatic carbocycles. The Balaban J connectivity index is 0.00000588. The van der Waals surface area contributed by atoms with Gasteiger partial charge in [-0.2, -0.15) is 0 Å². The average Bonchev–Trinajstić information content (AvgIpc) is 2.79. The molecule has 0 bridgehead atoms. The number of benzene rings is 2. The van der Waals surface area contributed by atoms with Crippen LogP contribution in [0.15, 0.2) is 53.5 Å². The zero-order chi connectivity index (χ0) is 29.9. The van der Waals surface area contributed by atoms with E-state index in [9.17, 15) is 17.6 Å². The predicted octanol–water partition coefficient (Wildman–Crippen LogP) is 5.90. The van der Waals surface area contributed by atoms with Gasteiger partial charge >= 0.3 is 6.09 Å². The predicted molar refractivity (Wildman–Crippen MR) is 159 cm³/mol. The summed E-state index contributed by atoms with van der Waals surface area (Å²) in [5.41, 5.74) is -1.29. The molecule has 1 aliphatic rings. The van der Waals surface area contributed by atoms with E-state index < -0.39 is 50.0 Å². The number of amidine groups is 1. The molecule has 0 aromatic heterocycles. The zero-order valence-electron chi connectivity index (χ0n) is 24.4. The van der Waals surface area contributed by atoms with Crippen LogP contribution in [0.1, 0.15) is 80.0 Å². The first kappa shape index (κ1) is 33.9. The highest BCUT2D eigenvalue weighted by Crippen LogP contribution is 2.30. The Kier molecular flexibility index (Phi) is 10.5. The molecular weight excluding hydrogens is 549 g/mol. The van der Waals surface area contributed by atoms with Crippen LogP contribution in [-0.2, 0) is 25.9 Å². The van der Waals surface area contributed by atoms with Gasteiger partial charge in [-0.05, 0) is 85.6 Å². The van der Waals surface area contributed by atoms with Gasteiger partial charge in [0.1, 0.15) is 34.6 Å². The fourth-order valence-corrected chi connectivity index (χ4v) is 5.87. The molecular formula is C30H44FN3O6S. The van der Waals surface area contributed by atoms with E-state index in [1.165, 1.54) is 6.07 Å². The maximum atomic E-state index is 14.2. The number of sulfonamides is 1. The topological polar surface area (TPSA) is 115 Å². The van der Waals surface area contributed by atoms with Gasteiger partial charge in [0.2, 0.25) is 10.0 Å². The highest BCUT2D eigenvalue weighted by molar-refractivity contribution is 7.90. The Labute approximate surface area is 243 Å². The van der Waals surface area contributed by atoms with Crippen LogP contribution in [0.2, 0.25) is 0 Å². The van der Waals surface area contributed by atoms with E-state index in [0.29, 0.717) is 11.3 Å². The molecule has 2 aromatic carbocycles. The molecule has 2 atom stereocenters. The first-order chi connectivity index (χ1) is 18.4. The summed E-state index contributed by atoms with van der Waals surface area (Å²) in [6, 6.07) is 12.5. The van der Waals surface area contributed by atoms with Crippen LogP contribution in [0, 0.1) is 5.82 Å². The molecule has 0 spiro atoms. The normalized spacial score (nSPS) is 19.6. The quantitative estimate of drug-likeness (QED) is 0.394. The fraction of sp³-hybridized carbons (Fsp3) is 0.533. The lowest BCUT2D eigenvalue weighted by molar-refractivity contribution is 0.0441. The molecule has 1 fully saturated rings. The Morgan fingerprint density at radius 1 is 1.12 bits per heavy atom. The van der Waals surface area contributed by atoms with Crippen molar-refractivity contribution in [2.75, 3.05) is 6.61 Å². The maximum Gasteiger partial charge on any atom is 0.408 e. The van der Waals surface area contributed by atoms with Gasteiger partial charge in [0.05, 0.1) is 11.6 Å². The van der Waals surface area contributed by atoms with E-state index in [2.05, 4.69) is 15.0 Å². The molecule has 1 aliphatic heterocycles. The number of ether oxygens (including phenoxy) is 3. The minimum atomic E-state index is -3.86. The van der Waals surface area contributed by atoms with Gasteiger partial charge in [-0.15, -0.1) is 0 Å². The molecule has 228 valence electrons. The summed E-state index contributed by atoms with van der Waals surface area (Å²) < 4.78 is 60.2. The molecule has 1 amide bonds. The minimum Gasteiger partial charge on any atom is -0.491 e. The van der Waals surface area contributed by atoms with E-state index in [1.54, 1.807) is 84.0 Å². The number of rotatable bonds is 8. The summed E-state index contributed by atoms with van der Waals surface area (Å²) in [7, 11) is -3.86. The largest absolute Gasteiger partial charge is 0.491 e. The number of hydrogen-bond donors (Lipinski definition) is 2. The summed E-state index contributed by atoms with van der Waals surface area (Å²) in [6.45, 7) is 14.3. The number of carbonyl (C=O) groups is 1. The lowest BCUT2D eigenvalue weighted by Gasteiger charge is -2.39. The van der Waals surface area contributed by atoms with E-state index in [4.69, 9.17) is 14.2 Å². The van der Waals surface area contributed by atoms with Crippen molar-refractivity contribution in [3.8, 4) is 5.75 Å². The van der Waals surface area contributed by atoms with Crippen molar-refractivity contribution in [3.05, 3.63) is 65.5 Å². The van der Waals surface area contributed by atoms with Crippen molar-refractivity contribution in [2.45, 2.75) is 97.3 Å². The molecule has 1 heterocycles. The summed E-state index contributed by atoms with van der Waals surface area (Å²) >= 11 is 0. The van der Waals surface area contributed by atoms with Crippen LogP contribution in [0.5, 0.6) is 5.75 Å². The van der Waals surface area contributed by atoms with Crippen molar-refractivity contribution in [1.29, 1.82) is 0 Å². The molecule has 0 unspecified atom stereocenters. The third-order valence-corrected chi connectivity index (χ3v) is 8.13. The molecule has 0 saturated carbocycles. The van der Waals surface area contributed by atoms with Gasteiger partial charge in [0.15, 0.2) is 0 Å². The summed E-state index contributed by atoms with van der Waals surface area (Å²) in [5.74, 6) is 0.143. The van der Waals surface area contributed by atoms with E-state index >= 15 is 0 Å². The lowest BCUT2D eigenvalue weighted by Crippen LogP contribution is -2.59. The highest BCUT2D eigenvalue weighted by Gasteiger charge is 2.47. The smallest absolute Gasteiger partial charge is 0.408 e. The molecule has 41 heavy (non-hydrogen) atoms. The molecule has 9 nitrogen and oxygen atoms in total. The van der Waals surface area contributed by atoms with Crippen molar-refractivity contribution in [1.82, 2.24) is 10.0 Å². The molecule has 0 radical (unpaired) electrons. The highest BCUT2D eigenvalue weighted by atomic mass is 32.2. The number of aliphatic imine (C=N–C) groups is 1. The van der Waals surface area contributed by atoms with Crippen LogP contribution in [0.3, 0.4) is 0 Å². The van der Waals surface area contributed by atoms with Crippen LogP contribution in [-0.4, -0.2) is 49.1 Å². The minimum absolute atomic E-state index is 0. The summed E-state index contributed by atoms with van der Waals surface area (Å²) in [4.78, 5) is 16.4. The fourth-order valence-electron chi connectivity index (χ4n) is 4.19. The molecule has 1 saturated heterocycles. The number of nitrogens with zero attached hydrogens (tertiary/aromatic N) is 1. The molecule has 2 N–H and O–H groups in total. The van der Waals surface area contributed by atoms with E-state index in [0.717, 1.165) is 5.56 Å². The number of halogens is 1. The van der Waals surface area contributed by atoms with Crippen molar-refractivity contribution in [2.24, 2.45) is 4.99 Å². The second-order valence-corrected chi connectivity index (χ2v) is 14.0. The third kappa shape index (κ3) is 9.62. The maximum absolute atomic E-state index is 14.2. The van der Waals surface area contributed by atoms with Crippen LogP contribution in [0.4, 0.5) is 9.18 Å². The van der Waals surface area contributed by atoms with Crippen LogP contribution >= 0.6 is 0 Å². The second-order valence-electron chi connectivity index (χ2n) is 12.1. The summed E-state index contributed by atoms with van der Waals surface area (Å²) in [5, 5.41) is 1.88. The Morgan fingerprint density at radius 2 is 1.73 bits per heavy atom. The third-order valence-electron chi connectivity index (χ3n) is 6.19.